The highest BCUT2D eigenvalue weighted by atomic mass is 79.9. The summed E-state index contributed by atoms with van der Waals surface area (Å²) in [5, 5.41) is 10.4. The van der Waals surface area contributed by atoms with Gasteiger partial charge < -0.3 is 15.2 Å². The Kier molecular flexibility index (Phi) is 5.03. The maximum absolute atomic E-state index is 12.8. The third-order valence-corrected chi connectivity index (χ3v) is 2.64. The number of nitrogens with one attached hydrogen (secondary N) is 1. The fraction of sp³-hybridized carbons (Fsp3) is 0.364. The van der Waals surface area contributed by atoms with Crippen LogP contribution in [0.15, 0.2) is 22.7 Å². The average Bonchev–Trinajstić information content (AvgIpc) is 2.36. The molecule has 1 amide bonds. The van der Waals surface area contributed by atoms with E-state index in [0.29, 0.717) is 4.47 Å². The van der Waals surface area contributed by atoms with Crippen LogP contribution in [0.2, 0.25) is 0 Å². The molecule has 0 heterocycles. The number of ether oxygens (including phenoxy) is 1. The van der Waals surface area contributed by atoms with Crippen molar-refractivity contribution in [3.63, 3.8) is 0 Å². The SMILES string of the molecule is COc1cc(Br)ccc1C(=O)NCC(F)(F)CO. The van der Waals surface area contributed by atoms with Gasteiger partial charge in [0, 0.05) is 4.47 Å². The van der Waals surface area contributed by atoms with Crippen molar-refractivity contribution < 1.29 is 23.4 Å². The van der Waals surface area contributed by atoms with Gasteiger partial charge in [0.25, 0.3) is 11.8 Å². The summed E-state index contributed by atoms with van der Waals surface area (Å²) in [5.41, 5.74) is 0.148. The molecule has 0 spiro atoms. The monoisotopic (exact) mass is 323 g/mol. The number of hydrogen-bond acceptors (Lipinski definition) is 3. The predicted molar refractivity (Wildman–Crippen MR) is 65.1 cm³/mol. The molecule has 2 N–H and O–H groups in total. The molecule has 0 unspecified atom stereocenters. The third kappa shape index (κ3) is 3.92. The van der Waals surface area contributed by atoms with Gasteiger partial charge in [-0.2, -0.15) is 0 Å². The fourth-order valence-corrected chi connectivity index (χ4v) is 1.55. The van der Waals surface area contributed by atoms with Gasteiger partial charge in [0.05, 0.1) is 19.2 Å². The molecule has 18 heavy (non-hydrogen) atoms. The highest BCUT2D eigenvalue weighted by molar-refractivity contribution is 9.10. The molecular formula is C11H12BrF2NO3. The minimum absolute atomic E-state index is 0.148. The highest BCUT2D eigenvalue weighted by Gasteiger charge is 2.28. The topological polar surface area (TPSA) is 58.6 Å². The molecule has 0 aliphatic heterocycles. The number of methoxy groups -OCH3 is 1. The van der Waals surface area contributed by atoms with Crippen LogP contribution in [0, 0.1) is 0 Å². The molecule has 1 aromatic carbocycles. The van der Waals surface area contributed by atoms with Crippen molar-refractivity contribution in [2.75, 3.05) is 20.3 Å². The van der Waals surface area contributed by atoms with Crippen LogP contribution in [-0.2, 0) is 0 Å². The quantitative estimate of drug-likeness (QED) is 0.869. The number of aliphatic hydroxyl groups excluding tert-OH is 1. The van der Waals surface area contributed by atoms with E-state index in [2.05, 4.69) is 15.9 Å². The second-order valence-electron chi connectivity index (χ2n) is 3.54. The molecule has 0 aromatic heterocycles. The molecule has 0 radical (unpaired) electrons. The van der Waals surface area contributed by atoms with Crippen LogP contribution in [0.25, 0.3) is 0 Å². The molecule has 100 valence electrons. The lowest BCUT2D eigenvalue weighted by Gasteiger charge is -2.15. The Morgan fingerprint density at radius 2 is 2.22 bits per heavy atom. The molecule has 0 saturated carbocycles. The number of rotatable bonds is 5. The Balaban J connectivity index is 2.79. The van der Waals surface area contributed by atoms with Crippen LogP contribution in [0.5, 0.6) is 5.75 Å². The number of carbonyl (C=O) groups is 1. The van der Waals surface area contributed by atoms with Crippen molar-refractivity contribution in [2.45, 2.75) is 5.92 Å². The summed E-state index contributed by atoms with van der Waals surface area (Å²) in [6.45, 7) is -2.24. The number of benzene rings is 1. The van der Waals surface area contributed by atoms with E-state index in [4.69, 9.17) is 9.84 Å². The van der Waals surface area contributed by atoms with Gasteiger partial charge in [-0.3, -0.25) is 4.79 Å². The number of alkyl halides is 2. The average molecular weight is 324 g/mol. The van der Waals surface area contributed by atoms with Gasteiger partial charge in [-0.25, -0.2) is 8.78 Å². The number of hydrogen-bond donors (Lipinski definition) is 2. The largest absolute Gasteiger partial charge is 0.496 e. The Morgan fingerprint density at radius 3 is 2.78 bits per heavy atom. The second-order valence-corrected chi connectivity index (χ2v) is 4.46. The second kappa shape index (κ2) is 6.10. The van der Waals surface area contributed by atoms with E-state index in [-0.39, 0.29) is 11.3 Å². The van der Waals surface area contributed by atoms with Crippen molar-refractivity contribution in [3.05, 3.63) is 28.2 Å². The van der Waals surface area contributed by atoms with Crippen LogP contribution in [0.1, 0.15) is 10.4 Å². The number of halogens is 3. The molecule has 4 nitrogen and oxygen atoms in total. The Labute approximate surface area is 111 Å². The minimum atomic E-state index is -3.34. The molecule has 0 saturated heterocycles. The van der Waals surface area contributed by atoms with E-state index < -0.39 is 25.0 Å². The lowest BCUT2D eigenvalue weighted by molar-refractivity contribution is -0.0462. The summed E-state index contributed by atoms with van der Waals surface area (Å²) in [6, 6.07) is 4.61. The Hall–Kier alpha value is -1.21. The first kappa shape index (κ1) is 14.8. The van der Waals surface area contributed by atoms with E-state index in [1.165, 1.54) is 13.2 Å². The summed E-state index contributed by atoms with van der Waals surface area (Å²) >= 11 is 3.20. The molecule has 1 rings (SSSR count). The first-order chi connectivity index (χ1) is 8.39. The Bertz CT molecular complexity index is 440. The maximum Gasteiger partial charge on any atom is 0.287 e. The van der Waals surface area contributed by atoms with Crippen LogP contribution in [-0.4, -0.2) is 37.2 Å². The van der Waals surface area contributed by atoms with E-state index in [9.17, 15) is 13.6 Å². The maximum atomic E-state index is 12.8. The lowest BCUT2D eigenvalue weighted by atomic mass is 10.2. The number of aliphatic hydroxyl groups is 1. The van der Waals surface area contributed by atoms with E-state index in [1.807, 2.05) is 5.32 Å². The van der Waals surface area contributed by atoms with Crippen molar-refractivity contribution in [3.8, 4) is 5.75 Å². The summed E-state index contributed by atoms with van der Waals surface area (Å²) in [7, 11) is 1.38. The van der Waals surface area contributed by atoms with Crippen molar-refractivity contribution >= 4 is 21.8 Å². The van der Waals surface area contributed by atoms with Gasteiger partial charge in [-0.05, 0) is 18.2 Å². The van der Waals surface area contributed by atoms with Crippen molar-refractivity contribution in [1.82, 2.24) is 5.32 Å². The summed E-state index contributed by atoms with van der Waals surface area (Å²) in [6.07, 6.45) is 0. The molecule has 0 aliphatic carbocycles. The van der Waals surface area contributed by atoms with Crippen molar-refractivity contribution in [1.29, 1.82) is 0 Å². The van der Waals surface area contributed by atoms with Crippen LogP contribution >= 0.6 is 15.9 Å². The zero-order chi connectivity index (χ0) is 13.8. The summed E-state index contributed by atoms with van der Waals surface area (Å²) in [4.78, 5) is 11.7. The van der Waals surface area contributed by atoms with E-state index in [1.54, 1.807) is 12.1 Å². The predicted octanol–water partition coefficient (Wildman–Crippen LogP) is 1.82. The standard InChI is InChI=1S/C11H12BrF2NO3/c1-18-9-4-7(12)2-3-8(9)10(17)15-5-11(13,14)6-16/h2-4,16H,5-6H2,1H3,(H,15,17). The number of carbonyl (C=O) groups excluding carboxylic acids is 1. The molecule has 7 heteroatoms. The molecule has 0 bridgehead atoms. The van der Waals surface area contributed by atoms with Gasteiger partial charge >= 0.3 is 0 Å². The van der Waals surface area contributed by atoms with Gasteiger partial charge in [-0.1, -0.05) is 15.9 Å². The van der Waals surface area contributed by atoms with Gasteiger partial charge in [0.1, 0.15) is 12.4 Å². The Morgan fingerprint density at radius 1 is 1.56 bits per heavy atom. The number of amides is 1. The fourth-order valence-electron chi connectivity index (χ4n) is 1.21. The van der Waals surface area contributed by atoms with Crippen LogP contribution in [0.4, 0.5) is 8.78 Å². The van der Waals surface area contributed by atoms with E-state index in [0.717, 1.165) is 0 Å². The summed E-state index contributed by atoms with van der Waals surface area (Å²) < 4.78 is 31.2. The lowest BCUT2D eigenvalue weighted by Crippen LogP contribution is -2.39. The van der Waals surface area contributed by atoms with Crippen LogP contribution < -0.4 is 10.1 Å². The van der Waals surface area contributed by atoms with Gasteiger partial charge in [0.15, 0.2) is 0 Å². The van der Waals surface area contributed by atoms with Gasteiger partial charge in [0.2, 0.25) is 0 Å². The van der Waals surface area contributed by atoms with Crippen LogP contribution in [0.3, 0.4) is 0 Å². The third-order valence-electron chi connectivity index (χ3n) is 2.15. The molecule has 0 atom stereocenters. The molecule has 0 fully saturated rings. The van der Waals surface area contributed by atoms with Crippen molar-refractivity contribution in [2.24, 2.45) is 0 Å². The normalized spacial score (nSPS) is 11.2. The zero-order valence-electron chi connectivity index (χ0n) is 9.54. The first-order valence-corrected chi connectivity index (χ1v) is 5.79. The smallest absolute Gasteiger partial charge is 0.287 e. The minimum Gasteiger partial charge on any atom is -0.496 e. The molecule has 0 aliphatic rings. The first-order valence-electron chi connectivity index (χ1n) is 5.00. The van der Waals surface area contributed by atoms with E-state index >= 15 is 0 Å². The molecular weight excluding hydrogens is 312 g/mol. The van der Waals surface area contributed by atoms with Gasteiger partial charge in [-0.15, -0.1) is 0 Å². The highest BCUT2D eigenvalue weighted by Crippen LogP contribution is 2.23. The molecule has 1 aromatic rings. The summed E-state index contributed by atoms with van der Waals surface area (Å²) in [5.74, 6) is -3.75. The zero-order valence-corrected chi connectivity index (χ0v) is 11.1.